The van der Waals surface area contributed by atoms with Gasteiger partial charge in [0.1, 0.15) is 5.82 Å². The quantitative estimate of drug-likeness (QED) is 0.669. The number of carbonyl (C=O) groups is 1. The van der Waals surface area contributed by atoms with Crippen LogP contribution in [0, 0.1) is 12.7 Å². The number of anilines is 2. The van der Waals surface area contributed by atoms with Crippen LogP contribution in [0.15, 0.2) is 41.3 Å². The molecule has 0 unspecified atom stereocenters. The summed E-state index contributed by atoms with van der Waals surface area (Å²) < 4.78 is 13.9. The fourth-order valence-corrected chi connectivity index (χ4v) is 2.24. The Morgan fingerprint density at radius 3 is 2.50 bits per heavy atom. The summed E-state index contributed by atoms with van der Waals surface area (Å²) in [5.41, 5.74) is 6.94. The van der Waals surface area contributed by atoms with Crippen LogP contribution < -0.4 is 11.1 Å². The fourth-order valence-electron chi connectivity index (χ4n) is 1.84. The highest BCUT2D eigenvalue weighted by molar-refractivity contribution is 7.98. The molecule has 0 aliphatic rings. The molecule has 0 radical (unpaired) electrons. The summed E-state index contributed by atoms with van der Waals surface area (Å²) in [7, 11) is 0. The SMILES string of the molecule is CSc1ccc(NC(=O)c2cc(N)cc(C)c2F)cc1. The Bertz CT molecular complexity index is 641. The van der Waals surface area contributed by atoms with Crippen LogP contribution in [-0.2, 0) is 0 Å². The normalized spacial score (nSPS) is 10.3. The van der Waals surface area contributed by atoms with E-state index in [-0.39, 0.29) is 5.56 Å². The number of rotatable bonds is 3. The smallest absolute Gasteiger partial charge is 0.258 e. The first-order valence-corrected chi connectivity index (χ1v) is 7.24. The molecule has 0 fully saturated rings. The van der Waals surface area contributed by atoms with Crippen LogP contribution in [0.2, 0.25) is 0 Å². The van der Waals surface area contributed by atoms with E-state index in [9.17, 15) is 9.18 Å². The van der Waals surface area contributed by atoms with E-state index in [1.54, 1.807) is 30.8 Å². The van der Waals surface area contributed by atoms with E-state index in [0.29, 0.717) is 16.9 Å². The van der Waals surface area contributed by atoms with Gasteiger partial charge in [-0.3, -0.25) is 4.79 Å². The van der Waals surface area contributed by atoms with Crippen molar-refractivity contribution in [2.24, 2.45) is 0 Å². The van der Waals surface area contributed by atoms with Gasteiger partial charge < -0.3 is 11.1 Å². The maximum Gasteiger partial charge on any atom is 0.258 e. The predicted octanol–water partition coefficient (Wildman–Crippen LogP) is 3.69. The van der Waals surface area contributed by atoms with Crippen LogP contribution in [-0.4, -0.2) is 12.2 Å². The minimum atomic E-state index is -0.544. The standard InChI is InChI=1S/C15H15FN2OS/c1-9-7-10(17)8-13(14(9)16)15(19)18-11-3-5-12(20-2)6-4-11/h3-8H,17H2,1-2H3,(H,18,19). The number of nitrogen functional groups attached to an aromatic ring is 1. The van der Waals surface area contributed by atoms with Crippen molar-refractivity contribution in [1.82, 2.24) is 0 Å². The summed E-state index contributed by atoms with van der Waals surface area (Å²) in [6.45, 7) is 1.58. The Morgan fingerprint density at radius 1 is 1.25 bits per heavy atom. The minimum absolute atomic E-state index is 0.0450. The van der Waals surface area contributed by atoms with Gasteiger partial charge in [-0.2, -0.15) is 0 Å². The molecule has 0 saturated carbocycles. The lowest BCUT2D eigenvalue weighted by atomic mass is 10.1. The molecular formula is C15H15FN2OS. The van der Waals surface area contributed by atoms with Crippen molar-refractivity contribution in [1.29, 1.82) is 0 Å². The Morgan fingerprint density at radius 2 is 1.90 bits per heavy atom. The molecule has 0 bridgehead atoms. The molecule has 0 aliphatic carbocycles. The Balaban J connectivity index is 2.23. The molecule has 2 rings (SSSR count). The molecule has 0 aliphatic heterocycles. The van der Waals surface area contributed by atoms with Crippen molar-refractivity contribution in [3.8, 4) is 0 Å². The number of thioether (sulfide) groups is 1. The van der Waals surface area contributed by atoms with E-state index in [4.69, 9.17) is 5.73 Å². The fraction of sp³-hybridized carbons (Fsp3) is 0.133. The zero-order valence-corrected chi connectivity index (χ0v) is 12.1. The highest BCUT2D eigenvalue weighted by Crippen LogP contribution is 2.20. The van der Waals surface area contributed by atoms with Gasteiger partial charge in [-0.05, 0) is 55.1 Å². The number of hydrogen-bond acceptors (Lipinski definition) is 3. The molecule has 20 heavy (non-hydrogen) atoms. The number of hydrogen-bond donors (Lipinski definition) is 2. The maximum atomic E-state index is 13.9. The summed E-state index contributed by atoms with van der Waals surface area (Å²) in [5.74, 6) is -1.05. The number of carbonyl (C=O) groups excluding carboxylic acids is 1. The molecule has 3 N–H and O–H groups in total. The highest BCUT2D eigenvalue weighted by atomic mass is 32.2. The number of amides is 1. The van der Waals surface area contributed by atoms with Gasteiger partial charge in [0.25, 0.3) is 5.91 Å². The molecule has 0 spiro atoms. The van der Waals surface area contributed by atoms with Crippen molar-refractivity contribution in [2.75, 3.05) is 17.3 Å². The largest absolute Gasteiger partial charge is 0.399 e. The maximum absolute atomic E-state index is 13.9. The van der Waals surface area contributed by atoms with Crippen molar-refractivity contribution in [3.05, 3.63) is 53.3 Å². The monoisotopic (exact) mass is 290 g/mol. The third-order valence-electron chi connectivity index (χ3n) is 2.87. The molecule has 3 nitrogen and oxygen atoms in total. The van der Waals surface area contributed by atoms with Crippen LogP contribution in [0.5, 0.6) is 0 Å². The van der Waals surface area contributed by atoms with Crippen LogP contribution >= 0.6 is 11.8 Å². The molecule has 5 heteroatoms. The Labute approximate surface area is 121 Å². The molecule has 104 valence electrons. The number of benzene rings is 2. The van der Waals surface area contributed by atoms with Crippen LogP contribution in [0.25, 0.3) is 0 Å². The average Bonchev–Trinajstić information content (AvgIpc) is 2.43. The van der Waals surface area contributed by atoms with Gasteiger partial charge in [0.05, 0.1) is 5.56 Å². The Hall–Kier alpha value is -2.01. The summed E-state index contributed by atoms with van der Waals surface area (Å²) in [6, 6.07) is 10.2. The zero-order valence-electron chi connectivity index (χ0n) is 11.2. The van der Waals surface area contributed by atoms with Crippen molar-refractivity contribution in [3.63, 3.8) is 0 Å². The van der Waals surface area contributed by atoms with Gasteiger partial charge >= 0.3 is 0 Å². The van der Waals surface area contributed by atoms with E-state index in [2.05, 4.69) is 5.32 Å². The van der Waals surface area contributed by atoms with Gasteiger partial charge in [-0.1, -0.05) is 0 Å². The van der Waals surface area contributed by atoms with Gasteiger partial charge in [-0.15, -0.1) is 11.8 Å². The molecule has 1 amide bonds. The lowest BCUT2D eigenvalue weighted by molar-refractivity contribution is 0.102. The van der Waals surface area contributed by atoms with Gasteiger partial charge in [0.15, 0.2) is 0 Å². The predicted molar refractivity (Wildman–Crippen MR) is 81.7 cm³/mol. The highest BCUT2D eigenvalue weighted by Gasteiger charge is 2.14. The zero-order chi connectivity index (χ0) is 14.7. The first-order chi connectivity index (χ1) is 9.51. The second-order valence-electron chi connectivity index (χ2n) is 4.38. The summed E-state index contributed by atoms with van der Waals surface area (Å²) in [5, 5.41) is 2.66. The van der Waals surface area contributed by atoms with Gasteiger partial charge in [0, 0.05) is 16.3 Å². The van der Waals surface area contributed by atoms with Crippen LogP contribution in [0.4, 0.5) is 15.8 Å². The topological polar surface area (TPSA) is 55.1 Å². The Kier molecular flexibility index (Phi) is 4.29. The second kappa shape index (κ2) is 5.96. The van der Waals surface area contributed by atoms with Crippen molar-refractivity contribution >= 4 is 29.0 Å². The molecule has 0 heterocycles. The van der Waals surface area contributed by atoms with E-state index >= 15 is 0 Å². The summed E-state index contributed by atoms with van der Waals surface area (Å²) in [6.07, 6.45) is 1.97. The molecule has 0 saturated heterocycles. The van der Waals surface area contributed by atoms with Crippen LogP contribution in [0.1, 0.15) is 15.9 Å². The van der Waals surface area contributed by atoms with E-state index < -0.39 is 11.7 Å². The molecule has 2 aromatic carbocycles. The van der Waals surface area contributed by atoms with E-state index in [0.717, 1.165) is 4.90 Å². The molecular weight excluding hydrogens is 275 g/mol. The van der Waals surface area contributed by atoms with Gasteiger partial charge in [0.2, 0.25) is 0 Å². The van der Waals surface area contributed by atoms with E-state index in [1.165, 1.54) is 12.1 Å². The number of halogens is 1. The van der Waals surface area contributed by atoms with Gasteiger partial charge in [-0.25, -0.2) is 4.39 Å². The van der Waals surface area contributed by atoms with Crippen molar-refractivity contribution in [2.45, 2.75) is 11.8 Å². The molecule has 2 aromatic rings. The summed E-state index contributed by atoms with van der Waals surface area (Å²) >= 11 is 1.61. The first kappa shape index (κ1) is 14.4. The molecule has 0 aromatic heterocycles. The lowest BCUT2D eigenvalue weighted by Gasteiger charge is -2.09. The second-order valence-corrected chi connectivity index (χ2v) is 5.26. The third kappa shape index (κ3) is 3.11. The van der Waals surface area contributed by atoms with Crippen molar-refractivity contribution < 1.29 is 9.18 Å². The first-order valence-electron chi connectivity index (χ1n) is 6.02. The van der Waals surface area contributed by atoms with E-state index in [1.807, 2.05) is 18.4 Å². The summed E-state index contributed by atoms with van der Waals surface area (Å²) in [4.78, 5) is 13.2. The van der Waals surface area contributed by atoms with Crippen LogP contribution in [0.3, 0.4) is 0 Å². The number of aryl methyl sites for hydroxylation is 1. The third-order valence-corrected chi connectivity index (χ3v) is 3.61. The lowest BCUT2D eigenvalue weighted by Crippen LogP contribution is -2.15. The molecule has 0 atom stereocenters. The number of nitrogens with one attached hydrogen (secondary N) is 1. The number of nitrogens with two attached hydrogens (primary N) is 1. The average molecular weight is 290 g/mol. The minimum Gasteiger partial charge on any atom is -0.399 e.